The SMILES string of the molecule is CCCNc1cccc(CN(C)C2CCCC(C)C2)n1. The first-order valence-electron chi connectivity index (χ1n) is 8.09. The summed E-state index contributed by atoms with van der Waals surface area (Å²) in [5.41, 5.74) is 1.17. The van der Waals surface area contributed by atoms with Crippen molar-refractivity contribution in [3.05, 3.63) is 23.9 Å². The maximum absolute atomic E-state index is 4.71. The molecule has 2 rings (SSSR count). The first kappa shape index (κ1) is 15.3. The minimum absolute atomic E-state index is 0.729. The van der Waals surface area contributed by atoms with Gasteiger partial charge in [0.1, 0.15) is 5.82 Å². The Labute approximate surface area is 123 Å². The topological polar surface area (TPSA) is 28.2 Å². The molecule has 1 aliphatic rings. The van der Waals surface area contributed by atoms with Gasteiger partial charge < -0.3 is 5.32 Å². The number of hydrogen-bond donors (Lipinski definition) is 1. The summed E-state index contributed by atoms with van der Waals surface area (Å²) >= 11 is 0. The van der Waals surface area contributed by atoms with Crippen LogP contribution in [0.5, 0.6) is 0 Å². The molecule has 0 bridgehead atoms. The molecule has 0 aliphatic heterocycles. The van der Waals surface area contributed by atoms with Gasteiger partial charge in [0, 0.05) is 19.1 Å². The van der Waals surface area contributed by atoms with Gasteiger partial charge in [-0.2, -0.15) is 0 Å². The van der Waals surface area contributed by atoms with E-state index in [0.29, 0.717) is 0 Å². The van der Waals surface area contributed by atoms with Crippen molar-refractivity contribution < 1.29 is 0 Å². The Kier molecular flexibility index (Phi) is 5.84. The van der Waals surface area contributed by atoms with Crippen LogP contribution in [0, 0.1) is 5.92 Å². The van der Waals surface area contributed by atoms with Gasteiger partial charge in [-0.1, -0.05) is 32.8 Å². The summed E-state index contributed by atoms with van der Waals surface area (Å²) in [4.78, 5) is 7.20. The average Bonchev–Trinajstić information content (AvgIpc) is 2.45. The third-order valence-corrected chi connectivity index (χ3v) is 4.31. The van der Waals surface area contributed by atoms with Crippen LogP contribution in [-0.2, 0) is 6.54 Å². The molecule has 0 radical (unpaired) electrons. The minimum Gasteiger partial charge on any atom is -0.370 e. The molecular formula is C17H29N3. The van der Waals surface area contributed by atoms with Gasteiger partial charge in [0.2, 0.25) is 0 Å². The summed E-state index contributed by atoms with van der Waals surface area (Å²) in [6.07, 6.45) is 6.59. The lowest BCUT2D eigenvalue weighted by Gasteiger charge is -2.34. The van der Waals surface area contributed by atoms with Crippen LogP contribution in [-0.4, -0.2) is 29.5 Å². The predicted octanol–water partition coefficient (Wildman–Crippen LogP) is 3.91. The highest BCUT2D eigenvalue weighted by atomic mass is 15.1. The van der Waals surface area contributed by atoms with E-state index in [-0.39, 0.29) is 0 Å². The zero-order valence-electron chi connectivity index (χ0n) is 13.2. The highest BCUT2D eigenvalue weighted by Crippen LogP contribution is 2.27. The van der Waals surface area contributed by atoms with Gasteiger partial charge in [-0.05, 0) is 44.4 Å². The van der Waals surface area contributed by atoms with Crippen molar-refractivity contribution in [2.75, 3.05) is 18.9 Å². The lowest BCUT2D eigenvalue weighted by atomic mass is 9.86. The number of nitrogens with zero attached hydrogens (tertiary/aromatic N) is 2. The second kappa shape index (κ2) is 7.63. The van der Waals surface area contributed by atoms with Gasteiger partial charge >= 0.3 is 0 Å². The molecule has 112 valence electrons. The maximum atomic E-state index is 4.71. The Morgan fingerprint density at radius 2 is 2.20 bits per heavy atom. The van der Waals surface area contributed by atoms with Crippen LogP contribution in [0.25, 0.3) is 0 Å². The van der Waals surface area contributed by atoms with Crippen LogP contribution >= 0.6 is 0 Å². The van der Waals surface area contributed by atoms with Crippen molar-refractivity contribution in [1.29, 1.82) is 0 Å². The second-order valence-corrected chi connectivity index (χ2v) is 6.28. The minimum atomic E-state index is 0.729. The Balaban J connectivity index is 1.91. The van der Waals surface area contributed by atoms with Crippen molar-refractivity contribution in [1.82, 2.24) is 9.88 Å². The van der Waals surface area contributed by atoms with E-state index in [1.165, 1.54) is 31.4 Å². The summed E-state index contributed by atoms with van der Waals surface area (Å²) < 4.78 is 0. The molecule has 1 fully saturated rings. The largest absolute Gasteiger partial charge is 0.370 e. The van der Waals surface area contributed by atoms with Gasteiger partial charge in [-0.3, -0.25) is 4.90 Å². The van der Waals surface area contributed by atoms with E-state index in [2.05, 4.69) is 49.3 Å². The third-order valence-electron chi connectivity index (χ3n) is 4.31. The summed E-state index contributed by atoms with van der Waals surface area (Å²) in [7, 11) is 2.25. The third kappa shape index (κ3) is 4.48. The molecule has 0 amide bonds. The van der Waals surface area contributed by atoms with Crippen molar-refractivity contribution in [3.8, 4) is 0 Å². The molecule has 3 nitrogen and oxygen atoms in total. The number of hydrogen-bond acceptors (Lipinski definition) is 3. The predicted molar refractivity (Wildman–Crippen MR) is 85.9 cm³/mol. The fourth-order valence-corrected chi connectivity index (χ4v) is 3.11. The Morgan fingerprint density at radius 1 is 1.35 bits per heavy atom. The maximum Gasteiger partial charge on any atom is 0.126 e. The molecule has 2 unspecified atom stereocenters. The summed E-state index contributed by atoms with van der Waals surface area (Å²) in [5, 5.41) is 3.36. The summed E-state index contributed by atoms with van der Waals surface area (Å²) in [6, 6.07) is 7.03. The van der Waals surface area contributed by atoms with Gasteiger partial charge in [0.15, 0.2) is 0 Å². The van der Waals surface area contributed by atoms with Crippen LogP contribution in [0.1, 0.15) is 51.6 Å². The van der Waals surface area contributed by atoms with E-state index in [1.54, 1.807) is 0 Å². The van der Waals surface area contributed by atoms with Gasteiger partial charge in [-0.15, -0.1) is 0 Å². The second-order valence-electron chi connectivity index (χ2n) is 6.28. The van der Waals surface area contributed by atoms with Crippen molar-refractivity contribution in [2.24, 2.45) is 5.92 Å². The molecule has 20 heavy (non-hydrogen) atoms. The van der Waals surface area contributed by atoms with Gasteiger partial charge in [-0.25, -0.2) is 4.98 Å². The first-order valence-corrected chi connectivity index (χ1v) is 8.09. The van der Waals surface area contributed by atoms with Crippen LogP contribution in [0.3, 0.4) is 0 Å². The van der Waals surface area contributed by atoms with Crippen LogP contribution < -0.4 is 5.32 Å². The molecule has 1 aromatic heterocycles. The monoisotopic (exact) mass is 275 g/mol. The van der Waals surface area contributed by atoms with E-state index < -0.39 is 0 Å². The van der Waals surface area contributed by atoms with E-state index >= 15 is 0 Å². The first-order chi connectivity index (χ1) is 9.69. The standard InChI is InChI=1S/C17H29N3/c1-4-11-18-17-10-6-8-15(19-17)13-20(3)16-9-5-7-14(2)12-16/h6,8,10,14,16H,4-5,7,9,11-13H2,1-3H3,(H,18,19). The molecular weight excluding hydrogens is 246 g/mol. The smallest absolute Gasteiger partial charge is 0.126 e. The molecule has 2 atom stereocenters. The van der Waals surface area contributed by atoms with Gasteiger partial charge in [0.25, 0.3) is 0 Å². The number of rotatable bonds is 6. The Morgan fingerprint density at radius 3 is 2.95 bits per heavy atom. The van der Waals surface area contributed by atoms with E-state index in [0.717, 1.165) is 37.3 Å². The van der Waals surface area contributed by atoms with E-state index in [1.807, 2.05) is 0 Å². The lowest BCUT2D eigenvalue weighted by molar-refractivity contribution is 0.156. The molecule has 0 aromatic carbocycles. The lowest BCUT2D eigenvalue weighted by Crippen LogP contribution is -2.35. The molecule has 0 spiro atoms. The number of aromatic nitrogens is 1. The number of nitrogens with one attached hydrogen (secondary N) is 1. The van der Waals surface area contributed by atoms with Crippen molar-refractivity contribution in [2.45, 2.75) is 58.5 Å². The van der Waals surface area contributed by atoms with Crippen LogP contribution in [0.15, 0.2) is 18.2 Å². The molecule has 1 aromatic rings. The fourth-order valence-electron chi connectivity index (χ4n) is 3.11. The zero-order chi connectivity index (χ0) is 14.4. The molecule has 1 heterocycles. The molecule has 3 heteroatoms. The Bertz CT molecular complexity index is 405. The average molecular weight is 275 g/mol. The van der Waals surface area contributed by atoms with Crippen molar-refractivity contribution >= 4 is 5.82 Å². The molecule has 1 saturated carbocycles. The molecule has 1 aliphatic carbocycles. The number of anilines is 1. The molecule has 0 saturated heterocycles. The van der Waals surface area contributed by atoms with Crippen LogP contribution in [0.2, 0.25) is 0 Å². The fraction of sp³-hybridized carbons (Fsp3) is 0.706. The Hall–Kier alpha value is -1.09. The normalized spacial score (nSPS) is 23.0. The highest BCUT2D eigenvalue weighted by Gasteiger charge is 2.22. The summed E-state index contributed by atoms with van der Waals surface area (Å²) in [5.74, 6) is 1.89. The van der Waals surface area contributed by atoms with Crippen LogP contribution in [0.4, 0.5) is 5.82 Å². The number of pyridine rings is 1. The van der Waals surface area contributed by atoms with Crippen molar-refractivity contribution in [3.63, 3.8) is 0 Å². The van der Waals surface area contributed by atoms with Gasteiger partial charge in [0.05, 0.1) is 5.69 Å². The zero-order valence-corrected chi connectivity index (χ0v) is 13.2. The highest BCUT2D eigenvalue weighted by molar-refractivity contribution is 5.35. The summed E-state index contributed by atoms with van der Waals surface area (Å²) in [6.45, 7) is 6.51. The molecule has 1 N–H and O–H groups in total. The van der Waals surface area contributed by atoms with E-state index in [9.17, 15) is 0 Å². The quantitative estimate of drug-likeness (QED) is 0.853. The van der Waals surface area contributed by atoms with E-state index in [4.69, 9.17) is 4.98 Å².